The van der Waals surface area contributed by atoms with Crippen LogP contribution in [0.25, 0.3) is 0 Å². The number of benzene rings is 1. The van der Waals surface area contributed by atoms with Crippen LogP contribution < -0.4 is 0 Å². The molecule has 1 aromatic rings. The lowest BCUT2D eigenvalue weighted by atomic mass is 10.1. The molecule has 0 heterocycles. The Labute approximate surface area is 89.7 Å². The summed E-state index contributed by atoms with van der Waals surface area (Å²) in [5, 5.41) is 7.71. The summed E-state index contributed by atoms with van der Waals surface area (Å²) >= 11 is 8.87. The molecule has 70 valence electrons. The van der Waals surface area contributed by atoms with Crippen LogP contribution in [0.1, 0.15) is 5.56 Å². The summed E-state index contributed by atoms with van der Waals surface area (Å²) in [7, 11) is 0. The zero-order valence-corrected chi connectivity index (χ0v) is 9.05. The van der Waals surface area contributed by atoms with Gasteiger partial charge in [0, 0.05) is 4.47 Å². The van der Waals surface area contributed by atoms with E-state index in [-0.39, 0.29) is 0 Å². The first kappa shape index (κ1) is 10.5. The van der Waals surface area contributed by atoms with Crippen molar-refractivity contribution in [2.75, 3.05) is 0 Å². The van der Waals surface area contributed by atoms with Crippen molar-refractivity contribution in [1.29, 1.82) is 0 Å². The van der Waals surface area contributed by atoms with Gasteiger partial charge in [-0.15, -0.1) is 11.6 Å². The number of alkyl halides is 1. The van der Waals surface area contributed by atoms with E-state index < -0.39 is 11.3 Å². The summed E-state index contributed by atoms with van der Waals surface area (Å²) in [5.41, 5.74) is 0.922. The Bertz CT molecular complexity index is 297. The number of carboxylic acid groups (broad SMARTS) is 1. The van der Waals surface area contributed by atoms with Gasteiger partial charge < -0.3 is 5.11 Å². The fourth-order valence-electron chi connectivity index (χ4n) is 0.915. The molecule has 13 heavy (non-hydrogen) atoms. The van der Waals surface area contributed by atoms with Gasteiger partial charge >= 0.3 is 5.97 Å². The second-order valence-electron chi connectivity index (χ2n) is 2.64. The van der Waals surface area contributed by atoms with Gasteiger partial charge in [0.15, 0.2) is 0 Å². The highest BCUT2D eigenvalue weighted by Crippen LogP contribution is 2.13. The standard InChI is InChI=1S/C9H8BrClO2/c10-7-3-1-6(2-4-7)5-8(11)9(12)13/h1-4,8H,5H2,(H,12,13). The molecule has 0 bridgehead atoms. The number of halogens is 2. The van der Waals surface area contributed by atoms with Crippen molar-refractivity contribution in [3.8, 4) is 0 Å². The predicted octanol–water partition coefficient (Wildman–Crippen LogP) is 2.68. The maximum atomic E-state index is 10.4. The lowest BCUT2D eigenvalue weighted by Crippen LogP contribution is -2.15. The van der Waals surface area contributed by atoms with Gasteiger partial charge in [-0.3, -0.25) is 4.79 Å². The first-order chi connectivity index (χ1) is 6.09. The minimum absolute atomic E-state index is 0.351. The summed E-state index contributed by atoms with van der Waals surface area (Å²) in [6.07, 6.45) is 0.351. The number of carboxylic acids is 1. The molecule has 0 aromatic heterocycles. The van der Waals surface area contributed by atoms with E-state index in [1.165, 1.54) is 0 Å². The van der Waals surface area contributed by atoms with Gasteiger partial charge in [0.2, 0.25) is 0 Å². The summed E-state index contributed by atoms with van der Waals surface area (Å²) in [6, 6.07) is 7.42. The molecule has 0 saturated carbocycles. The van der Waals surface area contributed by atoms with Crippen LogP contribution in [0.3, 0.4) is 0 Å². The lowest BCUT2D eigenvalue weighted by molar-refractivity contribution is -0.136. The zero-order chi connectivity index (χ0) is 9.84. The fourth-order valence-corrected chi connectivity index (χ4v) is 1.36. The van der Waals surface area contributed by atoms with Crippen LogP contribution in [-0.4, -0.2) is 16.5 Å². The highest BCUT2D eigenvalue weighted by Gasteiger charge is 2.13. The van der Waals surface area contributed by atoms with E-state index in [4.69, 9.17) is 16.7 Å². The van der Waals surface area contributed by atoms with Crippen LogP contribution in [0.5, 0.6) is 0 Å². The molecule has 1 rings (SSSR count). The van der Waals surface area contributed by atoms with Gasteiger partial charge in [0.05, 0.1) is 0 Å². The molecule has 1 unspecified atom stereocenters. The van der Waals surface area contributed by atoms with Crippen molar-refractivity contribution in [3.05, 3.63) is 34.3 Å². The van der Waals surface area contributed by atoms with Crippen LogP contribution in [-0.2, 0) is 11.2 Å². The normalized spacial score (nSPS) is 12.5. The van der Waals surface area contributed by atoms with Gasteiger partial charge in [0.1, 0.15) is 5.38 Å². The third kappa shape index (κ3) is 3.36. The Kier molecular flexibility index (Phi) is 3.75. The van der Waals surface area contributed by atoms with E-state index in [2.05, 4.69) is 15.9 Å². The van der Waals surface area contributed by atoms with Crippen molar-refractivity contribution in [2.45, 2.75) is 11.8 Å². The third-order valence-electron chi connectivity index (χ3n) is 1.60. The number of hydrogen-bond acceptors (Lipinski definition) is 1. The van der Waals surface area contributed by atoms with Gasteiger partial charge in [-0.2, -0.15) is 0 Å². The monoisotopic (exact) mass is 262 g/mol. The molecule has 0 fully saturated rings. The van der Waals surface area contributed by atoms with Crippen molar-refractivity contribution >= 4 is 33.5 Å². The molecule has 2 nitrogen and oxygen atoms in total. The van der Waals surface area contributed by atoms with Crippen molar-refractivity contribution in [1.82, 2.24) is 0 Å². The topological polar surface area (TPSA) is 37.3 Å². The Hall–Kier alpha value is -0.540. The summed E-state index contributed by atoms with van der Waals surface area (Å²) in [5.74, 6) is -0.982. The molecule has 0 aliphatic carbocycles. The lowest BCUT2D eigenvalue weighted by Gasteiger charge is -2.03. The minimum Gasteiger partial charge on any atom is -0.480 e. The molecule has 0 saturated heterocycles. The molecule has 0 aliphatic rings. The first-order valence-corrected chi connectivity index (χ1v) is 4.94. The molecule has 1 aromatic carbocycles. The van der Waals surface area contributed by atoms with Crippen LogP contribution in [0, 0.1) is 0 Å². The quantitative estimate of drug-likeness (QED) is 0.851. The average molecular weight is 264 g/mol. The van der Waals surface area contributed by atoms with Crippen molar-refractivity contribution in [3.63, 3.8) is 0 Å². The van der Waals surface area contributed by atoms with E-state index >= 15 is 0 Å². The molecule has 0 aliphatic heterocycles. The Morgan fingerprint density at radius 3 is 2.46 bits per heavy atom. The first-order valence-electron chi connectivity index (χ1n) is 3.71. The summed E-state index contributed by atoms with van der Waals surface area (Å²) in [4.78, 5) is 10.4. The van der Waals surface area contributed by atoms with E-state index in [9.17, 15) is 4.79 Å². The van der Waals surface area contributed by atoms with Gasteiger partial charge in [-0.1, -0.05) is 28.1 Å². The zero-order valence-electron chi connectivity index (χ0n) is 6.71. The highest BCUT2D eigenvalue weighted by molar-refractivity contribution is 9.10. The van der Waals surface area contributed by atoms with Crippen LogP contribution in [0.4, 0.5) is 0 Å². The molecule has 1 N–H and O–H groups in total. The summed E-state index contributed by atoms with van der Waals surface area (Å²) in [6.45, 7) is 0. The molecule has 4 heteroatoms. The summed E-state index contributed by atoms with van der Waals surface area (Å²) < 4.78 is 0.970. The smallest absolute Gasteiger partial charge is 0.321 e. The number of carbonyl (C=O) groups is 1. The van der Waals surface area contributed by atoms with Crippen molar-refractivity contribution < 1.29 is 9.90 Å². The van der Waals surface area contributed by atoms with Crippen LogP contribution in [0.2, 0.25) is 0 Å². The third-order valence-corrected chi connectivity index (χ3v) is 2.47. The van der Waals surface area contributed by atoms with Crippen LogP contribution >= 0.6 is 27.5 Å². The molecule has 0 spiro atoms. The number of rotatable bonds is 3. The van der Waals surface area contributed by atoms with Gasteiger partial charge in [-0.25, -0.2) is 0 Å². The largest absolute Gasteiger partial charge is 0.480 e. The molecule has 0 amide bonds. The highest BCUT2D eigenvalue weighted by atomic mass is 79.9. The minimum atomic E-state index is -0.982. The average Bonchev–Trinajstić information content (AvgIpc) is 2.08. The van der Waals surface area contributed by atoms with E-state index in [1.54, 1.807) is 0 Å². The van der Waals surface area contributed by atoms with Gasteiger partial charge in [0.25, 0.3) is 0 Å². The maximum absolute atomic E-state index is 10.4. The second kappa shape index (κ2) is 4.63. The Morgan fingerprint density at radius 2 is 2.00 bits per heavy atom. The molecular weight excluding hydrogens is 255 g/mol. The number of aliphatic carboxylic acids is 1. The van der Waals surface area contributed by atoms with E-state index in [0.29, 0.717) is 6.42 Å². The Balaban J connectivity index is 2.64. The Morgan fingerprint density at radius 1 is 1.46 bits per heavy atom. The molecule has 0 radical (unpaired) electrons. The predicted molar refractivity (Wildman–Crippen MR) is 55.1 cm³/mol. The maximum Gasteiger partial charge on any atom is 0.321 e. The fraction of sp³-hybridized carbons (Fsp3) is 0.222. The van der Waals surface area contributed by atoms with Gasteiger partial charge in [-0.05, 0) is 24.1 Å². The SMILES string of the molecule is O=C(O)C(Cl)Cc1ccc(Br)cc1. The van der Waals surface area contributed by atoms with Crippen molar-refractivity contribution in [2.24, 2.45) is 0 Å². The van der Waals surface area contributed by atoms with Crippen LogP contribution in [0.15, 0.2) is 28.7 Å². The van der Waals surface area contributed by atoms with E-state index in [0.717, 1.165) is 10.0 Å². The second-order valence-corrected chi connectivity index (χ2v) is 4.08. The molecular formula is C9H8BrClO2. The number of hydrogen-bond donors (Lipinski definition) is 1. The molecule has 1 atom stereocenters. The van der Waals surface area contributed by atoms with E-state index in [1.807, 2.05) is 24.3 Å².